The molecule has 158 valence electrons. The van der Waals surface area contributed by atoms with E-state index < -0.39 is 5.60 Å². The number of carbonyl (C=O) groups is 2. The van der Waals surface area contributed by atoms with Gasteiger partial charge in [-0.15, -0.1) is 0 Å². The van der Waals surface area contributed by atoms with E-state index in [4.69, 9.17) is 26.8 Å². The van der Waals surface area contributed by atoms with Crippen molar-refractivity contribution in [3.05, 3.63) is 22.2 Å². The number of Topliss-reactive ketones (excluding diaryl/α,β-unsaturated/α-hetero) is 1. The van der Waals surface area contributed by atoms with E-state index in [0.29, 0.717) is 52.8 Å². The average molecular weight is 421 g/mol. The van der Waals surface area contributed by atoms with Crippen molar-refractivity contribution in [2.75, 3.05) is 25.4 Å². The zero-order valence-electron chi connectivity index (χ0n) is 17.3. The molecule has 0 aromatic heterocycles. The van der Waals surface area contributed by atoms with Crippen molar-refractivity contribution in [3.63, 3.8) is 0 Å². The van der Waals surface area contributed by atoms with Crippen LogP contribution in [0.3, 0.4) is 0 Å². The number of fused-ring (bicyclic) bond motifs is 2. The third kappa shape index (κ3) is 4.04. The Hall–Kier alpha value is -1.95. The third-order valence-corrected chi connectivity index (χ3v) is 6.53. The molecule has 1 aromatic carbocycles. The molecule has 2 heterocycles. The summed E-state index contributed by atoms with van der Waals surface area (Å²) in [6, 6.07) is 1.65. The Kier molecular flexibility index (Phi) is 5.18. The smallest absolute Gasteiger partial charge is 0.410 e. The molecule has 1 amide bonds. The van der Waals surface area contributed by atoms with Gasteiger partial charge in [0.05, 0.1) is 22.9 Å². The molecule has 29 heavy (non-hydrogen) atoms. The molecule has 2 unspecified atom stereocenters. The van der Waals surface area contributed by atoms with Crippen molar-refractivity contribution < 1.29 is 19.1 Å². The van der Waals surface area contributed by atoms with Crippen LogP contribution in [0.15, 0.2) is 6.07 Å². The van der Waals surface area contributed by atoms with E-state index in [-0.39, 0.29) is 11.9 Å². The summed E-state index contributed by atoms with van der Waals surface area (Å²) >= 11 is 6.26. The molecular weight excluding hydrogens is 392 g/mol. The largest absolute Gasteiger partial charge is 0.492 e. The Morgan fingerprint density at radius 2 is 2.00 bits per heavy atom. The topological polar surface area (TPSA) is 81.9 Å². The zero-order valence-corrected chi connectivity index (χ0v) is 18.1. The average Bonchev–Trinajstić information content (AvgIpc) is 3.10. The lowest BCUT2D eigenvalue weighted by Crippen LogP contribution is -2.37. The summed E-state index contributed by atoms with van der Waals surface area (Å²) in [6.07, 6.45) is 2.72. The molecule has 0 spiro atoms. The molecule has 1 aromatic rings. The molecule has 2 N–H and O–H groups in total. The van der Waals surface area contributed by atoms with Gasteiger partial charge >= 0.3 is 6.09 Å². The number of nitrogens with zero attached hydrogens (tertiary/aromatic N) is 1. The first-order chi connectivity index (χ1) is 13.7. The van der Waals surface area contributed by atoms with Crippen molar-refractivity contribution >= 4 is 29.2 Å². The van der Waals surface area contributed by atoms with Crippen molar-refractivity contribution in [1.29, 1.82) is 0 Å². The van der Waals surface area contributed by atoms with Crippen LogP contribution in [0.25, 0.3) is 0 Å². The molecule has 3 aliphatic rings. The van der Waals surface area contributed by atoms with Crippen molar-refractivity contribution in [1.82, 2.24) is 4.90 Å². The zero-order chi connectivity index (χ0) is 20.9. The predicted octanol–water partition coefficient (Wildman–Crippen LogP) is 4.32. The molecule has 6 nitrogen and oxygen atoms in total. The van der Waals surface area contributed by atoms with E-state index in [2.05, 4.69) is 0 Å². The fraction of sp³-hybridized carbons (Fsp3) is 0.636. The standard InChI is InChI=1S/C22H29ClN2O4/c1-22(2,3)29-21(27)25-10-15-12(16(15)11-25)6-7-18(26)14-9-17(23)19(24)13-5-4-8-28-20(13)14/h9,12,15-16H,4-8,10-11,24H2,1-3H3. The highest BCUT2D eigenvalue weighted by atomic mass is 35.5. The molecule has 2 aliphatic heterocycles. The molecule has 7 heteroatoms. The molecule has 1 saturated carbocycles. The fourth-order valence-corrected chi connectivity index (χ4v) is 4.95. The number of amides is 1. The molecular formula is C22H29ClN2O4. The molecule has 0 radical (unpaired) electrons. The number of halogens is 1. The summed E-state index contributed by atoms with van der Waals surface area (Å²) in [5, 5.41) is 0.425. The fourth-order valence-electron chi connectivity index (χ4n) is 4.73. The van der Waals surface area contributed by atoms with Crippen molar-refractivity contribution in [3.8, 4) is 5.75 Å². The molecule has 1 aliphatic carbocycles. The number of benzene rings is 1. The maximum atomic E-state index is 12.9. The van der Waals surface area contributed by atoms with Crippen molar-refractivity contribution in [2.45, 2.75) is 52.1 Å². The van der Waals surface area contributed by atoms with Crippen LogP contribution in [0.2, 0.25) is 5.02 Å². The second kappa shape index (κ2) is 7.38. The predicted molar refractivity (Wildman–Crippen MR) is 112 cm³/mol. The Morgan fingerprint density at radius 3 is 2.66 bits per heavy atom. The number of hydrogen-bond donors (Lipinski definition) is 1. The Balaban J connectivity index is 1.33. The maximum Gasteiger partial charge on any atom is 0.410 e. The minimum atomic E-state index is -0.475. The summed E-state index contributed by atoms with van der Waals surface area (Å²) in [4.78, 5) is 26.9. The van der Waals surface area contributed by atoms with Gasteiger partial charge in [0.25, 0.3) is 0 Å². The van der Waals surface area contributed by atoms with Gasteiger partial charge in [-0.05, 0) is 63.9 Å². The second-order valence-electron chi connectivity index (χ2n) is 9.42. The van der Waals surface area contributed by atoms with Crippen LogP contribution in [0.5, 0.6) is 5.75 Å². The minimum Gasteiger partial charge on any atom is -0.492 e. The number of anilines is 1. The molecule has 4 rings (SSSR count). The van der Waals surface area contributed by atoms with Crippen LogP contribution in [-0.4, -0.2) is 42.1 Å². The van der Waals surface area contributed by atoms with Crippen LogP contribution >= 0.6 is 11.6 Å². The first kappa shape index (κ1) is 20.3. The van der Waals surface area contributed by atoms with Gasteiger partial charge in [-0.25, -0.2) is 4.79 Å². The monoisotopic (exact) mass is 420 g/mol. The normalized spacial score (nSPS) is 25.1. The SMILES string of the molecule is CC(C)(C)OC(=O)N1CC2C(CCC(=O)c3cc(Cl)c(N)c4c3OCCC4)C2C1. The number of nitrogen functional groups attached to an aromatic ring is 1. The van der Waals surface area contributed by atoms with Crippen LogP contribution in [0.1, 0.15) is 56.0 Å². The lowest BCUT2D eigenvalue weighted by atomic mass is 9.95. The van der Waals surface area contributed by atoms with Gasteiger partial charge < -0.3 is 20.1 Å². The number of ether oxygens (including phenoxy) is 2. The van der Waals surface area contributed by atoms with E-state index in [1.807, 2.05) is 20.8 Å². The van der Waals surface area contributed by atoms with Crippen LogP contribution < -0.4 is 10.5 Å². The lowest BCUT2D eigenvalue weighted by molar-refractivity contribution is 0.0264. The highest BCUT2D eigenvalue weighted by Gasteiger charge is 2.56. The maximum absolute atomic E-state index is 12.9. The van der Waals surface area contributed by atoms with Crippen LogP contribution in [-0.2, 0) is 11.2 Å². The summed E-state index contributed by atoms with van der Waals surface area (Å²) < 4.78 is 11.2. The number of rotatable bonds is 4. The van der Waals surface area contributed by atoms with E-state index in [1.54, 1.807) is 11.0 Å². The highest BCUT2D eigenvalue weighted by molar-refractivity contribution is 6.33. The van der Waals surface area contributed by atoms with Gasteiger partial charge in [-0.3, -0.25) is 4.79 Å². The lowest BCUT2D eigenvalue weighted by Gasteiger charge is -2.26. The third-order valence-electron chi connectivity index (χ3n) is 6.22. The van der Waals surface area contributed by atoms with Gasteiger partial charge in [-0.1, -0.05) is 11.6 Å². The van der Waals surface area contributed by atoms with E-state index in [1.165, 1.54) is 0 Å². The Bertz CT molecular complexity index is 836. The number of ketones is 1. The van der Waals surface area contributed by atoms with E-state index in [9.17, 15) is 9.59 Å². The quantitative estimate of drug-likeness (QED) is 0.579. The van der Waals surface area contributed by atoms with E-state index in [0.717, 1.165) is 37.9 Å². The van der Waals surface area contributed by atoms with Crippen LogP contribution in [0.4, 0.5) is 10.5 Å². The van der Waals surface area contributed by atoms with Gasteiger partial charge in [0.15, 0.2) is 5.78 Å². The minimum absolute atomic E-state index is 0.0546. The number of carbonyl (C=O) groups excluding carboxylic acids is 2. The number of piperidine rings is 1. The summed E-state index contributed by atoms with van der Waals surface area (Å²) in [5.74, 6) is 2.14. The number of likely N-dealkylation sites (tertiary alicyclic amines) is 1. The second-order valence-corrected chi connectivity index (χ2v) is 9.83. The van der Waals surface area contributed by atoms with Gasteiger partial charge in [0, 0.05) is 25.1 Å². The van der Waals surface area contributed by atoms with Crippen molar-refractivity contribution in [2.24, 2.45) is 17.8 Å². The Morgan fingerprint density at radius 1 is 1.31 bits per heavy atom. The first-order valence-corrected chi connectivity index (χ1v) is 10.8. The molecule has 2 fully saturated rings. The summed E-state index contributed by atoms with van der Waals surface area (Å²) in [7, 11) is 0. The Labute approximate surface area is 176 Å². The molecule has 1 saturated heterocycles. The van der Waals surface area contributed by atoms with E-state index >= 15 is 0 Å². The summed E-state index contributed by atoms with van der Waals surface area (Å²) in [5.41, 5.74) is 7.55. The first-order valence-electron chi connectivity index (χ1n) is 10.4. The number of hydrogen-bond acceptors (Lipinski definition) is 5. The molecule has 0 bridgehead atoms. The molecule has 2 atom stereocenters. The summed E-state index contributed by atoms with van der Waals surface area (Å²) in [6.45, 7) is 7.68. The van der Waals surface area contributed by atoms with Gasteiger partial charge in [-0.2, -0.15) is 0 Å². The number of nitrogens with two attached hydrogens (primary N) is 1. The van der Waals surface area contributed by atoms with Gasteiger partial charge in [0.2, 0.25) is 0 Å². The highest BCUT2D eigenvalue weighted by Crippen LogP contribution is 2.54. The van der Waals surface area contributed by atoms with Crippen LogP contribution in [0, 0.1) is 17.8 Å². The van der Waals surface area contributed by atoms with Gasteiger partial charge in [0.1, 0.15) is 11.4 Å².